The molecular weight excluding hydrogens is 402 g/mol. The molecule has 1 amide bonds. The summed E-state index contributed by atoms with van der Waals surface area (Å²) < 4.78 is 4.00. The zero-order valence-electron chi connectivity index (χ0n) is 15.6. The quantitative estimate of drug-likeness (QED) is 0.454. The van der Waals surface area contributed by atoms with Crippen molar-refractivity contribution in [1.82, 2.24) is 24.9 Å². The summed E-state index contributed by atoms with van der Waals surface area (Å²) in [6.07, 6.45) is 2.87. The van der Waals surface area contributed by atoms with E-state index < -0.39 is 0 Å². The van der Waals surface area contributed by atoms with E-state index in [1.54, 1.807) is 11.3 Å². The fourth-order valence-electron chi connectivity index (χ4n) is 3.51. The first kappa shape index (κ1) is 18.3. The summed E-state index contributed by atoms with van der Waals surface area (Å²) in [5.41, 5.74) is 2.91. The molecule has 2 aromatic carbocycles. The van der Waals surface area contributed by atoms with E-state index >= 15 is 0 Å². The summed E-state index contributed by atoms with van der Waals surface area (Å²) in [6.45, 7) is 1.43. The number of nitrogens with zero attached hydrogens (tertiary/aromatic N) is 5. The third kappa shape index (κ3) is 3.90. The van der Waals surface area contributed by atoms with Crippen molar-refractivity contribution in [3.8, 4) is 11.3 Å². The molecule has 1 saturated heterocycles. The second-order valence-corrected chi connectivity index (χ2v) is 9.22. The van der Waals surface area contributed by atoms with Gasteiger partial charge in [-0.3, -0.25) is 4.79 Å². The van der Waals surface area contributed by atoms with Crippen LogP contribution in [0.3, 0.4) is 0 Å². The monoisotopic (exact) mass is 421 g/mol. The van der Waals surface area contributed by atoms with E-state index in [0.717, 1.165) is 38.8 Å². The zero-order chi connectivity index (χ0) is 19.6. The van der Waals surface area contributed by atoms with Crippen LogP contribution >= 0.6 is 23.1 Å². The molecular formula is C21H19N5OS2. The molecule has 3 heterocycles. The number of likely N-dealkylation sites (tertiary alicyclic amines) is 1. The average Bonchev–Trinajstić information content (AvgIpc) is 3.51. The zero-order valence-corrected chi connectivity index (χ0v) is 17.3. The number of hydrogen-bond acceptors (Lipinski definition) is 6. The molecule has 4 aromatic rings. The van der Waals surface area contributed by atoms with Crippen LogP contribution in [-0.2, 0) is 4.79 Å². The van der Waals surface area contributed by atoms with Crippen molar-refractivity contribution >= 4 is 39.2 Å². The summed E-state index contributed by atoms with van der Waals surface area (Å²) >= 11 is 3.16. The number of fused-ring (bicyclic) bond motifs is 1. The van der Waals surface area contributed by atoms with Gasteiger partial charge in [0.1, 0.15) is 5.69 Å². The molecule has 1 aliphatic heterocycles. The van der Waals surface area contributed by atoms with E-state index in [2.05, 4.69) is 21.4 Å². The van der Waals surface area contributed by atoms with Gasteiger partial charge < -0.3 is 4.90 Å². The summed E-state index contributed by atoms with van der Waals surface area (Å²) in [4.78, 5) is 19.2. The second-order valence-electron chi connectivity index (χ2n) is 6.97. The highest BCUT2D eigenvalue weighted by atomic mass is 32.2. The van der Waals surface area contributed by atoms with E-state index in [0.29, 0.717) is 12.3 Å². The highest BCUT2D eigenvalue weighted by Crippen LogP contribution is 2.30. The first-order chi connectivity index (χ1) is 14.3. The maximum Gasteiger partial charge on any atom is 0.233 e. The summed E-state index contributed by atoms with van der Waals surface area (Å²) in [6, 6.07) is 18.3. The Kier molecular flexibility index (Phi) is 5.03. The normalized spacial score (nSPS) is 16.6. The van der Waals surface area contributed by atoms with Crippen molar-refractivity contribution in [2.24, 2.45) is 0 Å². The van der Waals surface area contributed by atoms with Gasteiger partial charge in [-0.25, -0.2) is 9.67 Å². The van der Waals surface area contributed by atoms with Crippen molar-refractivity contribution in [1.29, 1.82) is 0 Å². The Hall–Kier alpha value is -2.71. The van der Waals surface area contributed by atoms with Crippen molar-refractivity contribution in [2.75, 3.05) is 18.8 Å². The van der Waals surface area contributed by atoms with Crippen LogP contribution in [0.25, 0.3) is 21.5 Å². The molecule has 0 radical (unpaired) electrons. The van der Waals surface area contributed by atoms with Crippen LogP contribution in [-0.4, -0.2) is 49.6 Å². The Morgan fingerprint density at radius 1 is 1.14 bits per heavy atom. The van der Waals surface area contributed by atoms with E-state index in [4.69, 9.17) is 0 Å². The lowest BCUT2D eigenvalue weighted by molar-refractivity contribution is -0.127. The number of carbonyl (C=O) groups is 1. The van der Waals surface area contributed by atoms with Crippen LogP contribution in [0.1, 0.15) is 12.5 Å². The number of thiazole rings is 1. The minimum absolute atomic E-state index is 0.153. The molecule has 0 unspecified atom stereocenters. The van der Waals surface area contributed by atoms with Crippen LogP contribution < -0.4 is 0 Å². The van der Waals surface area contributed by atoms with Gasteiger partial charge in [0.25, 0.3) is 0 Å². The molecule has 0 spiro atoms. The summed E-state index contributed by atoms with van der Waals surface area (Å²) in [7, 11) is 0. The van der Waals surface area contributed by atoms with Crippen molar-refractivity contribution in [2.45, 2.75) is 16.8 Å². The maximum absolute atomic E-state index is 12.7. The molecule has 8 heteroatoms. The number of para-hydroxylation sites is 1. The van der Waals surface area contributed by atoms with Gasteiger partial charge in [-0.05, 0) is 18.6 Å². The van der Waals surface area contributed by atoms with Gasteiger partial charge in [-0.1, -0.05) is 59.4 Å². The van der Waals surface area contributed by atoms with Crippen LogP contribution in [0.4, 0.5) is 0 Å². The number of amides is 1. The minimum atomic E-state index is 0.153. The first-order valence-corrected chi connectivity index (χ1v) is 11.3. The Labute approximate surface area is 176 Å². The van der Waals surface area contributed by atoms with Gasteiger partial charge in [0, 0.05) is 18.7 Å². The maximum atomic E-state index is 12.7. The number of carbonyl (C=O) groups excluding carboxylic acids is 1. The molecule has 1 fully saturated rings. The van der Waals surface area contributed by atoms with Gasteiger partial charge in [-0.2, -0.15) is 0 Å². The van der Waals surface area contributed by atoms with Gasteiger partial charge in [-0.15, -0.1) is 16.4 Å². The fraction of sp³-hybridized carbons (Fsp3) is 0.238. The number of rotatable bonds is 5. The van der Waals surface area contributed by atoms with Crippen LogP contribution in [0, 0.1) is 0 Å². The van der Waals surface area contributed by atoms with E-state index in [1.165, 1.54) is 11.8 Å². The molecule has 0 bridgehead atoms. The summed E-state index contributed by atoms with van der Waals surface area (Å²) in [5, 5.41) is 8.60. The van der Waals surface area contributed by atoms with E-state index in [-0.39, 0.29) is 11.9 Å². The molecule has 0 aliphatic carbocycles. The number of aromatic nitrogens is 4. The largest absolute Gasteiger partial charge is 0.340 e. The second kappa shape index (κ2) is 7.96. The molecule has 5 rings (SSSR count). The van der Waals surface area contributed by atoms with Crippen LogP contribution in [0.2, 0.25) is 0 Å². The highest BCUT2D eigenvalue weighted by Gasteiger charge is 2.28. The Morgan fingerprint density at radius 3 is 2.83 bits per heavy atom. The molecule has 0 saturated carbocycles. The standard InChI is InChI=1S/C21H19N5OS2/c27-20(14-28-21-22-17-8-4-5-9-19(17)29-21)25-11-10-16(12-25)26-13-18(23-24-26)15-6-2-1-3-7-15/h1-9,13,16H,10-12,14H2/t16-/m1/s1. The predicted octanol–water partition coefficient (Wildman–Crippen LogP) is 4.12. The topological polar surface area (TPSA) is 63.9 Å². The Morgan fingerprint density at radius 2 is 1.97 bits per heavy atom. The molecule has 0 N–H and O–H groups in total. The number of hydrogen-bond donors (Lipinski definition) is 0. The third-order valence-electron chi connectivity index (χ3n) is 5.06. The van der Waals surface area contributed by atoms with Crippen LogP contribution in [0.15, 0.2) is 65.1 Å². The number of benzene rings is 2. The lowest BCUT2D eigenvalue weighted by atomic mass is 10.2. The van der Waals surface area contributed by atoms with Gasteiger partial charge in [0.05, 0.1) is 28.2 Å². The fourth-order valence-corrected chi connectivity index (χ4v) is 5.48. The molecule has 6 nitrogen and oxygen atoms in total. The smallest absolute Gasteiger partial charge is 0.233 e. The van der Waals surface area contributed by atoms with Crippen molar-refractivity contribution in [3.63, 3.8) is 0 Å². The van der Waals surface area contributed by atoms with E-state index in [9.17, 15) is 4.79 Å². The predicted molar refractivity (Wildman–Crippen MR) is 116 cm³/mol. The molecule has 1 aliphatic rings. The lowest BCUT2D eigenvalue weighted by Crippen LogP contribution is -2.30. The van der Waals surface area contributed by atoms with Crippen LogP contribution in [0.5, 0.6) is 0 Å². The number of thioether (sulfide) groups is 1. The molecule has 146 valence electrons. The third-order valence-corrected chi connectivity index (χ3v) is 7.23. The molecule has 1 atom stereocenters. The van der Waals surface area contributed by atoms with Gasteiger partial charge >= 0.3 is 0 Å². The Bertz CT molecular complexity index is 1110. The lowest BCUT2D eigenvalue weighted by Gasteiger charge is -2.15. The first-order valence-electron chi connectivity index (χ1n) is 9.50. The minimum Gasteiger partial charge on any atom is -0.340 e. The SMILES string of the molecule is O=C(CSc1nc2ccccc2s1)N1CC[C@@H](n2cc(-c3ccccc3)nn2)C1. The van der Waals surface area contributed by atoms with E-state index in [1.807, 2.05) is 64.3 Å². The highest BCUT2D eigenvalue weighted by molar-refractivity contribution is 8.01. The molecule has 29 heavy (non-hydrogen) atoms. The van der Waals surface area contributed by atoms with Crippen molar-refractivity contribution in [3.05, 3.63) is 60.8 Å². The summed E-state index contributed by atoms with van der Waals surface area (Å²) in [5.74, 6) is 0.569. The van der Waals surface area contributed by atoms with Gasteiger partial charge in [0.2, 0.25) is 5.91 Å². The average molecular weight is 422 g/mol. The molecule has 2 aromatic heterocycles. The van der Waals surface area contributed by atoms with Gasteiger partial charge in [0.15, 0.2) is 4.34 Å². The Balaban J connectivity index is 1.19. The van der Waals surface area contributed by atoms with Crippen molar-refractivity contribution < 1.29 is 4.79 Å².